The second-order valence-electron chi connectivity index (χ2n) is 6.89. The van der Waals surface area contributed by atoms with Gasteiger partial charge in [-0.05, 0) is 68.0 Å². The van der Waals surface area contributed by atoms with Crippen LogP contribution in [-0.2, 0) is 16.0 Å². The van der Waals surface area contributed by atoms with Gasteiger partial charge < -0.3 is 10.2 Å². The smallest absolute Gasteiger partial charge is 0.249 e. The molecule has 2 N–H and O–H groups in total. The van der Waals surface area contributed by atoms with Crippen LogP contribution in [0.4, 0.5) is 10.1 Å². The highest BCUT2D eigenvalue weighted by molar-refractivity contribution is 6.02. The van der Waals surface area contributed by atoms with Crippen LogP contribution in [0.1, 0.15) is 42.7 Å². The lowest BCUT2D eigenvalue weighted by Crippen LogP contribution is -2.52. The summed E-state index contributed by atoms with van der Waals surface area (Å²) in [6.07, 6.45) is 3.57. The van der Waals surface area contributed by atoms with E-state index in [2.05, 4.69) is 15.5 Å². The molecule has 6 heteroatoms. The Morgan fingerprint density at radius 2 is 1.88 bits per heavy atom. The van der Waals surface area contributed by atoms with Crippen LogP contribution in [0, 0.1) is 5.82 Å². The summed E-state index contributed by atoms with van der Waals surface area (Å²) in [5.41, 5.74) is 2.88. The number of carbonyl (C=O) groups is 2. The van der Waals surface area contributed by atoms with Crippen LogP contribution in [0.5, 0.6) is 0 Å². The van der Waals surface area contributed by atoms with Gasteiger partial charge in [0, 0.05) is 18.7 Å². The van der Waals surface area contributed by atoms with E-state index in [0.29, 0.717) is 19.4 Å². The fourth-order valence-electron chi connectivity index (χ4n) is 4.36. The molecular formula is C18H22FN3O2. The molecule has 3 aliphatic rings. The molecule has 3 heterocycles. The third-order valence-corrected chi connectivity index (χ3v) is 5.53. The Balaban J connectivity index is 1.66. The molecule has 1 aromatic carbocycles. The SMILES string of the molecule is O=C1CCC(N2CCc3c2ccc(F)c3C2CCNCC2)C(=O)N1. The molecule has 2 fully saturated rings. The standard InChI is InChI=1S/C18H22FN3O2/c19-13-1-2-14-12(17(13)11-5-8-20-9-6-11)7-10-22(14)15-3-4-16(23)21-18(15)24/h1-2,11,15,20H,3-10H2,(H,21,23,24). The van der Waals surface area contributed by atoms with Crippen molar-refractivity contribution in [3.8, 4) is 0 Å². The number of piperidine rings is 2. The summed E-state index contributed by atoms with van der Waals surface area (Å²) in [5, 5.41) is 5.75. The number of benzene rings is 1. The van der Waals surface area contributed by atoms with E-state index in [4.69, 9.17) is 0 Å². The molecule has 3 aliphatic heterocycles. The molecule has 1 aromatic rings. The second-order valence-corrected chi connectivity index (χ2v) is 6.89. The average Bonchev–Trinajstić information content (AvgIpc) is 2.99. The molecule has 128 valence electrons. The lowest BCUT2D eigenvalue weighted by molar-refractivity contribution is -0.134. The highest BCUT2D eigenvalue weighted by atomic mass is 19.1. The summed E-state index contributed by atoms with van der Waals surface area (Å²) in [4.78, 5) is 25.6. The van der Waals surface area contributed by atoms with Crippen molar-refractivity contribution in [1.82, 2.24) is 10.6 Å². The predicted molar refractivity (Wildman–Crippen MR) is 88.5 cm³/mol. The van der Waals surface area contributed by atoms with E-state index in [-0.39, 0.29) is 29.6 Å². The van der Waals surface area contributed by atoms with Gasteiger partial charge in [-0.3, -0.25) is 14.9 Å². The zero-order chi connectivity index (χ0) is 16.7. The third-order valence-electron chi connectivity index (χ3n) is 5.53. The van der Waals surface area contributed by atoms with E-state index in [0.717, 1.165) is 49.2 Å². The largest absolute Gasteiger partial charge is 0.359 e. The summed E-state index contributed by atoms with van der Waals surface area (Å²) < 4.78 is 14.6. The van der Waals surface area contributed by atoms with Crippen LogP contribution >= 0.6 is 0 Å². The van der Waals surface area contributed by atoms with Gasteiger partial charge in [-0.25, -0.2) is 4.39 Å². The summed E-state index contributed by atoms with van der Waals surface area (Å²) in [6, 6.07) is 3.02. The van der Waals surface area contributed by atoms with Crippen molar-refractivity contribution in [3.63, 3.8) is 0 Å². The Bertz CT molecular complexity index is 685. The van der Waals surface area contributed by atoms with E-state index in [9.17, 15) is 14.0 Å². The second kappa shape index (κ2) is 6.16. The molecule has 0 saturated carbocycles. The third kappa shape index (κ3) is 2.59. The molecule has 5 nitrogen and oxygen atoms in total. The number of carbonyl (C=O) groups excluding carboxylic acids is 2. The Morgan fingerprint density at radius 3 is 2.62 bits per heavy atom. The molecular weight excluding hydrogens is 309 g/mol. The summed E-state index contributed by atoms with van der Waals surface area (Å²) in [7, 11) is 0. The van der Waals surface area contributed by atoms with Gasteiger partial charge in [-0.2, -0.15) is 0 Å². The molecule has 2 amide bonds. The number of halogens is 1. The number of rotatable bonds is 2. The number of fused-ring (bicyclic) bond motifs is 1. The van der Waals surface area contributed by atoms with Gasteiger partial charge in [0.05, 0.1) is 0 Å². The molecule has 0 bridgehead atoms. The van der Waals surface area contributed by atoms with Gasteiger partial charge in [0.2, 0.25) is 11.8 Å². The van der Waals surface area contributed by atoms with Crippen LogP contribution in [-0.4, -0.2) is 37.5 Å². The van der Waals surface area contributed by atoms with Crippen molar-refractivity contribution in [3.05, 3.63) is 29.1 Å². The first-order valence-corrected chi connectivity index (χ1v) is 8.77. The van der Waals surface area contributed by atoms with Gasteiger partial charge in [0.1, 0.15) is 11.9 Å². The minimum absolute atomic E-state index is 0.120. The minimum atomic E-state index is -0.324. The normalized spacial score (nSPS) is 24.9. The van der Waals surface area contributed by atoms with Crippen LogP contribution in [0.15, 0.2) is 12.1 Å². The van der Waals surface area contributed by atoms with Crippen molar-refractivity contribution >= 4 is 17.5 Å². The van der Waals surface area contributed by atoms with E-state index in [1.165, 1.54) is 0 Å². The number of amides is 2. The van der Waals surface area contributed by atoms with Gasteiger partial charge in [-0.1, -0.05) is 0 Å². The van der Waals surface area contributed by atoms with Crippen molar-refractivity contribution in [2.24, 2.45) is 0 Å². The number of nitrogens with one attached hydrogen (secondary N) is 2. The van der Waals surface area contributed by atoms with Gasteiger partial charge >= 0.3 is 0 Å². The topological polar surface area (TPSA) is 61.4 Å². The van der Waals surface area contributed by atoms with E-state index in [1.807, 2.05) is 0 Å². The van der Waals surface area contributed by atoms with Crippen molar-refractivity contribution in [2.75, 3.05) is 24.5 Å². The summed E-state index contributed by atoms with van der Waals surface area (Å²) >= 11 is 0. The molecule has 0 aromatic heterocycles. The maximum Gasteiger partial charge on any atom is 0.249 e. The number of hydrogen-bond donors (Lipinski definition) is 2. The zero-order valence-corrected chi connectivity index (χ0v) is 13.6. The summed E-state index contributed by atoms with van der Waals surface area (Å²) in [6.45, 7) is 2.55. The molecule has 2 saturated heterocycles. The Hall–Kier alpha value is -1.95. The lowest BCUT2D eigenvalue weighted by atomic mass is 9.86. The number of anilines is 1. The lowest BCUT2D eigenvalue weighted by Gasteiger charge is -2.32. The zero-order valence-electron chi connectivity index (χ0n) is 13.6. The monoisotopic (exact) mass is 331 g/mol. The van der Waals surface area contributed by atoms with Gasteiger partial charge in [-0.15, -0.1) is 0 Å². The quantitative estimate of drug-likeness (QED) is 0.806. The molecule has 1 atom stereocenters. The molecule has 4 rings (SSSR count). The molecule has 1 unspecified atom stereocenters. The van der Waals surface area contributed by atoms with E-state index in [1.54, 1.807) is 12.1 Å². The first-order valence-electron chi connectivity index (χ1n) is 8.77. The first-order chi connectivity index (χ1) is 11.6. The average molecular weight is 331 g/mol. The van der Waals surface area contributed by atoms with E-state index >= 15 is 0 Å². The van der Waals surface area contributed by atoms with E-state index < -0.39 is 0 Å². The predicted octanol–water partition coefficient (Wildman–Crippen LogP) is 1.46. The van der Waals surface area contributed by atoms with Crippen molar-refractivity contribution in [2.45, 2.75) is 44.1 Å². The minimum Gasteiger partial charge on any atom is -0.359 e. The highest BCUT2D eigenvalue weighted by Crippen LogP contribution is 2.40. The molecule has 0 spiro atoms. The fourth-order valence-corrected chi connectivity index (χ4v) is 4.36. The number of hydrogen-bond acceptors (Lipinski definition) is 4. The first kappa shape index (κ1) is 15.6. The molecule has 0 radical (unpaired) electrons. The maximum absolute atomic E-state index is 14.6. The molecule has 0 aliphatic carbocycles. The van der Waals surface area contributed by atoms with Crippen LogP contribution in [0.2, 0.25) is 0 Å². The maximum atomic E-state index is 14.6. The van der Waals surface area contributed by atoms with Crippen LogP contribution in [0.3, 0.4) is 0 Å². The van der Waals surface area contributed by atoms with Crippen molar-refractivity contribution < 1.29 is 14.0 Å². The Morgan fingerprint density at radius 1 is 1.08 bits per heavy atom. The fraction of sp³-hybridized carbons (Fsp3) is 0.556. The highest BCUT2D eigenvalue weighted by Gasteiger charge is 2.37. The Labute approximate surface area is 140 Å². The summed E-state index contributed by atoms with van der Waals surface area (Å²) in [5.74, 6) is -0.300. The van der Waals surface area contributed by atoms with Gasteiger partial charge in [0.25, 0.3) is 0 Å². The number of nitrogens with zero attached hydrogens (tertiary/aromatic N) is 1. The molecule has 24 heavy (non-hydrogen) atoms. The van der Waals surface area contributed by atoms with Crippen LogP contribution < -0.4 is 15.5 Å². The number of imide groups is 1. The van der Waals surface area contributed by atoms with Crippen LogP contribution in [0.25, 0.3) is 0 Å². The van der Waals surface area contributed by atoms with Crippen molar-refractivity contribution in [1.29, 1.82) is 0 Å². The Kier molecular flexibility index (Phi) is 4.00. The van der Waals surface area contributed by atoms with Gasteiger partial charge in [0.15, 0.2) is 0 Å².